The Morgan fingerprint density at radius 1 is 1.27 bits per heavy atom. The lowest BCUT2D eigenvalue weighted by atomic mass is 9.70. The summed E-state index contributed by atoms with van der Waals surface area (Å²) in [5.74, 6) is -2.35. The third-order valence-corrected chi connectivity index (χ3v) is 7.80. The molecular formula is C24H32BrN3O5. The van der Waals surface area contributed by atoms with E-state index in [0.717, 1.165) is 12.0 Å². The maximum atomic E-state index is 14.0. The second-order valence-corrected chi connectivity index (χ2v) is 10.6. The zero-order valence-electron chi connectivity index (χ0n) is 19.2. The lowest BCUT2D eigenvalue weighted by molar-refractivity contribution is -0.146. The Hall–Kier alpha value is -1.97. The van der Waals surface area contributed by atoms with E-state index in [1.165, 1.54) is 4.90 Å². The van der Waals surface area contributed by atoms with E-state index < -0.39 is 35.6 Å². The van der Waals surface area contributed by atoms with Crippen molar-refractivity contribution in [1.29, 1.82) is 0 Å². The van der Waals surface area contributed by atoms with Crippen LogP contribution in [0.4, 0.5) is 0 Å². The first-order chi connectivity index (χ1) is 15.8. The van der Waals surface area contributed by atoms with Crippen molar-refractivity contribution < 1.29 is 24.2 Å². The molecule has 1 spiro atoms. The highest BCUT2D eigenvalue weighted by molar-refractivity contribution is 9.09. The molecule has 0 radical (unpaired) electrons. The Kier molecular flexibility index (Phi) is 6.85. The lowest BCUT2D eigenvalue weighted by Gasteiger charge is -2.37. The van der Waals surface area contributed by atoms with Crippen LogP contribution in [0.25, 0.3) is 0 Å². The second kappa shape index (κ2) is 9.35. The zero-order chi connectivity index (χ0) is 23.9. The van der Waals surface area contributed by atoms with Crippen LogP contribution in [0.2, 0.25) is 0 Å². The number of halogens is 1. The fourth-order valence-corrected chi connectivity index (χ4v) is 6.70. The van der Waals surface area contributed by atoms with Crippen molar-refractivity contribution in [3.05, 3.63) is 35.9 Å². The van der Waals surface area contributed by atoms with Gasteiger partial charge in [0.15, 0.2) is 0 Å². The van der Waals surface area contributed by atoms with Crippen molar-refractivity contribution >= 4 is 33.7 Å². The predicted octanol–water partition coefficient (Wildman–Crippen LogP) is 1.52. The van der Waals surface area contributed by atoms with Gasteiger partial charge >= 0.3 is 0 Å². The Balaban J connectivity index is 1.80. The summed E-state index contributed by atoms with van der Waals surface area (Å²) in [6.45, 7) is 5.84. The maximum Gasteiger partial charge on any atom is 0.246 e. The van der Waals surface area contributed by atoms with Gasteiger partial charge in [-0.25, -0.2) is 0 Å². The highest BCUT2D eigenvalue weighted by atomic mass is 79.9. The number of alkyl halides is 1. The van der Waals surface area contributed by atoms with Crippen molar-refractivity contribution in [1.82, 2.24) is 15.5 Å². The SMILES string of the molecule is CCCNC(=O)[C@H]1[C@H]2C(=O)N([C@H](CO)c3ccccc3)C(C(=O)NC(C)C)C23CC(Br)[C@@H]1O3. The molecule has 3 unspecified atom stereocenters. The lowest BCUT2D eigenvalue weighted by Crippen LogP contribution is -2.57. The molecule has 3 amide bonds. The number of fused-ring (bicyclic) bond motifs is 1. The largest absolute Gasteiger partial charge is 0.394 e. The molecule has 3 N–H and O–H groups in total. The summed E-state index contributed by atoms with van der Waals surface area (Å²) >= 11 is 3.65. The minimum Gasteiger partial charge on any atom is -0.394 e. The van der Waals surface area contributed by atoms with E-state index in [1.54, 1.807) is 0 Å². The molecule has 7 atom stereocenters. The first-order valence-corrected chi connectivity index (χ1v) is 12.6. The molecule has 0 saturated carbocycles. The topological polar surface area (TPSA) is 108 Å². The molecule has 3 heterocycles. The van der Waals surface area contributed by atoms with Crippen molar-refractivity contribution in [2.45, 2.75) is 68.3 Å². The number of amides is 3. The van der Waals surface area contributed by atoms with Gasteiger partial charge in [-0.2, -0.15) is 0 Å². The Morgan fingerprint density at radius 2 is 1.97 bits per heavy atom. The van der Waals surface area contributed by atoms with Crippen LogP contribution in [0, 0.1) is 11.8 Å². The van der Waals surface area contributed by atoms with Gasteiger partial charge in [-0.1, -0.05) is 53.2 Å². The fraction of sp³-hybridized carbons (Fsp3) is 0.625. The molecule has 1 aromatic carbocycles. The van der Waals surface area contributed by atoms with E-state index in [2.05, 4.69) is 26.6 Å². The maximum absolute atomic E-state index is 14.0. The minimum atomic E-state index is -1.13. The highest BCUT2D eigenvalue weighted by Gasteiger charge is 2.77. The zero-order valence-corrected chi connectivity index (χ0v) is 20.7. The number of aliphatic hydroxyl groups is 1. The second-order valence-electron chi connectivity index (χ2n) is 9.47. The third-order valence-electron chi connectivity index (χ3n) is 6.95. The summed E-state index contributed by atoms with van der Waals surface area (Å²) in [7, 11) is 0. The summed E-state index contributed by atoms with van der Waals surface area (Å²) in [6.07, 6.45) is 0.722. The smallest absolute Gasteiger partial charge is 0.246 e. The van der Waals surface area contributed by atoms with Crippen LogP contribution >= 0.6 is 15.9 Å². The van der Waals surface area contributed by atoms with E-state index in [4.69, 9.17) is 4.74 Å². The van der Waals surface area contributed by atoms with E-state index in [0.29, 0.717) is 13.0 Å². The predicted molar refractivity (Wildman–Crippen MR) is 125 cm³/mol. The van der Waals surface area contributed by atoms with Gasteiger partial charge in [-0.3, -0.25) is 14.4 Å². The van der Waals surface area contributed by atoms with E-state index in [-0.39, 0.29) is 35.2 Å². The van der Waals surface area contributed by atoms with Gasteiger partial charge in [0.1, 0.15) is 11.6 Å². The summed E-state index contributed by atoms with van der Waals surface area (Å²) < 4.78 is 6.44. The number of carbonyl (C=O) groups is 3. The van der Waals surface area contributed by atoms with Gasteiger partial charge in [0, 0.05) is 17.4 Å². The molecule has 0 aromatic heterocycles. The quantitative estimate of drug-likeness (QED) is 0.449. The molecule has 180 valence electrons. The number of rotatable bonds is 8. The summed E-state index contributed by atoms with van der Waals surface area (Å²) in [4.78, 5) is 42.0. The van der Waals surface area contributed by atoms with Crippen LogP contribution in [0.3, 0.4) is 0 Å². The summed E-state index contributed by atoms with van der Waals surface area (Å²) in [6, 6.07) is 7.35. The normalized spacial score (nSPS) is 33.3. The summed E-state index contributed by atoms with van der Waals surface area (Å²) in [5, 5.41) is 16.2. The van der Waals surface area contributed by atoms with E-state index in [9.17, 15) is 19.5 Å². The molecule has 3 fully saturated rings. The number of likely N-dealkylation sites (tertiary alicyclic amines) is 1. The molecule has 4 rings (SSSR count). The fourth-order valence-electron chi connectivity index (χ4n) is 5.76. The molecule has 0 aliphatic carbocycles. The highest BCUT2D eigenvalue weighted by Crippen LogP contribution is 2.61. The molecule has 9 heteroatoms. The van der Waals surface area contributed by atoms with Crippen LogP contribution in [0.15, 0.2) is 30.3 Å². The average molecular weight is 522 g/mol. The van der Waals surface area contributed by atoms with Crippen molar-refractivity contribution in [3.63, 3.8) is 0 Å². The van der Waals surface area contributed by atoms with Crippen LogP contribution < -0.4 is 10.6 Å². The number of hydrogen-bond donors (Lipinski definition) is 3. The molecule has 33 heavy (non-hydrogen) atoms. The summed E-state index contributed by atoms with van der Waals surface area (Å²) in [5.41, 5.74) is -0.408. The number of ether oxygens (including phenoxy) is 1. The van der Waals surface area contributed by atoms with E-state index >= 15 is 0 Å². The number of nitrogens with zero attached hydrogens (tertiary/aromatic N) is 1. The van der Waals surface area contributed by atoms with Crippen LogP contribution in [-0.2, 0) is 19.1 Å². The van der Waals surface area contributed by atoms with Gasteiger partial charge in [0.25, 0.3) is 0 Å². The number of aliphatic hydroxyl groups excluding tert-OH is 1. The van der Waals surface area contributed by atoms with Crippen molar-refractivity contribution in [2.75, 3.05) is 13.2 Å². The van der Waals surface area contributed by atoms with Gasteiger partial charge in [0.2, 0.25) is 17.7 Å². The monoisotopic (exact) mass is 521 g/mol. The third kappa shape index (κ3) is 3.88. The Labute approximate surface area is 202 Å². The molecule has 8 nitrogen and oxygen atoms in total. The van der Waals surface area contributed by atoms with E-state index in [1.807, 2.05) is 51.1 Å². The van der Waals surface area contributed by atoms with Crippen LogP contribution in [-0.4, -0.2) is 69.5 Å². The molecule has 3 aliphatic rings. The van der Waals surface area contributed by atoms with Gasteiger partial charge < -0.3 is 25.4 Å². The first-order valence-electron chi connectivity index (χ1n) is 11.6. The Morgan fingerprint density at radius 3 is 2.58 bits per heavy atom. The Bertz CT molecular complexity index is 913. The number of benzene rings is 1. The number of hydrogen-bond acceptors (Lipinski definition) is 5. The van der Waals surface area contributed by atoms with Crippen molar-refractivity contribution in [3.8, 4) is 0 Å². The van der Waals surface area contributed by atoms with Gasteiger partial charge in [0.05, 0.1) is 30.6 Å². The number of nitrogens with one attached hydrogen (secondary N) is 2. The van der Waals surface area contributed by atoms with Crippen LogP contribution in [0.5, 0.6) is 0 Å². The molecule has 3 saturated heterocycles. The number of carbonyl (C=O) groups excluding carboxylic acids is 3. The molecule has 2 bridgehead atoms. The average Bonchev–Trinajstić information content (AvgIpc) is 3.37. The first kappa shape index (κ1) is 24.2. The molecule has 3 aliphatic heterocycles. The van der Waals surface area contributed by atoms with Crippen molar-refractivity contribution in [2.24, 2.45) is 11.8 Å². The standard InChI is InChI=1S/C24H32BrN3O5/c1-4-10-26-21(30)17-18-23(32)28(16(12-29)14-8-6-5-7-9-14)20(22(31)27-13(2)3)24(18)11-15(25)19(17)33-24/h5-9,13,15-20,29H,4,10-12H2,1-3H3,(H,26,30)(H,27,31)/t15?,16-,17+,18+,19+,20?,24?/m1/s1. The molecular weight excluding hydrogens is 490 g/mol. The van der Waals surface area contributed by atoms with Crippen LogP contribution in [0.1, 0.15) is 45.2 Å². The minimum absolute atomic E-state index is 0.142. The van der Waals surface area contributed by atoms with Gasteiger partial charge in [-0.15, -0.1) is 0 Å². The molecule has 1 aromatic rings. The van der Waals surface area contributed by atoms with Gasteiger partial charge in [-0.05, 0) is 32.3 Å².